The smallest absolute Gasteiger partial charge is 0.226 e. The van der Waals surface area contributed by atoms with Crippen molar-refractivity contribution in [3.05, 3.63) is 137 Å². The summed E-state index contributed by atoms with van der Waals surface area (Å²) in [6, 6.07) is 35.1. The van der Waals surface area contributed by atoms with E-state index in [0.717, 1.165) is 6.54 Å². The van der Waals surface area contributed by atoms with Gasteiger partial charge in [0.05, 0.1) is 0 Å². The fourth-order valence-electron chi connectivity index (χ4n) is 4.58. The van der Waals surface area contributed by atoms with Crippen LogP contribution in [0.25, 0.3) is 11.0 Å². The lowest BCUT2D eigenvalue weighted by Gasteiger charge is -2.16. The molecule has 0 spiro atoms. The van der Waals surface area contributed by atoms with Crippen LogP contribution in [0, 0.1) is 20.8 Å². The molecule has 1 heterocycles. The molecule has 2 heteroatoms. The van der Waals surface area contributed by atoms with Gasteiger partial charge in [0, 0.05) is 11.1 Å². The van der Waals surface area contributed by atoms with Gasteiger partial charge in [-0.1, -0.05) is 84.9 Å². The average Bonchev–Trinajstić information content (AvgIpc) is 3.14. The first-order valence-electron chi connectivity index (χ1n) is 11.3. The molecule has 32 heavy (non-hydrogen) atoms. The molecule has 0 aliphatic rings. The monoisotopic (exact) mass is 417 g/mol. The molecule has 2 nitrogen and oxygen atoms in total. The molecular weight excluding hydrogens is 388 g/mol. The second-order valence-electron chi connectivity index (χ2n) is 8.73. The normalized spacial score (nSPS) is 11.4. The first-order valence-corrected chi connectivity index (χ1v) is 11.3. The molecule has 0 fully saturated rings. The lowest BCUT2D eigenvalue weighted by Crippen LogP contribution is -2.33. The molecule has 5 rings (SSSR count). The molecule has 0 aliphatic heterocycles. The predicted octanol–water partition coefficient (Wildman–Crippen LogP) is 6.54. The predicted molar refractivity (Wildman–Crippen MR) is 132 cm³/mol. The number of imidazole rings is 1. The SMILES string of the molecule is Cc1cc2c(cc1C)[n+](Cc1ccccc1C)cn2C(c1ccccc1)c1ccccc1. The Kier molecular flexibility index (Phi) is 5.36. The van der Waals surface area contributed by atoms with Crippen LogP contribution >= 0.6 is 0 Å². The lowest BCUT2D eigenvalue weighted by molar-refractivity contribution is -0.663. The lowest BCUT2D eigenvalue weighted by atomic mass is 9.98. The number of hydrogen-bond acceptors (Lipinski definition) is 0. The molecule has 0 aliphatic carbocycles. The third-order valence-electron chi connectivity index (χ3n) is 6.55. The molecule has 0 amide bonds. The van der Waals surface area contributed by atoms with E-state index in [1.807, 2.05) is 0 Å². The van der Waals surface area contributed by atoms with E-state index in [-0.39, 0.29) is 6.04 Å². The molecule has 0 unspecified atom stereocenters. The van der Waals surface area contributed by atoms with Crippen LogP contribution in [-0.4, -0.2) is 4.57 Å². The molecule has 0 saturated carbocycles. The number of rotatable bonds is 5. The highest BCUT2D eigenvalue weighted by atomic mass is 15.2. The van der Waals surface area contributed by atoms with Gasteiger partial charge in [-0.2, -0.15) is 0 Å². The van der Waals surface area contributed by atoms with E-state index in [1.165, 1.54) is 44.4 Å². The van der Waals surface area contributed by atoms with Crippen molar-refractivity contribution in [1.29, 1.82) is 0 Å². The summed E-state index contributed by atoms with van der Waals surface area (Å²) in [5.41, 5.74) is 10.4. The zero-order valence-electron chi connectivity index (χ0n) is 19.0. The molecule has 0 atom stereocenters. The number of fused-ring (bicyclic) bond motifs is 1. The Morgan fingerprint density at radius 1 is 0.656 bits per heavy atom. The van der Waals surface area contributed by atoms with Gasteiger partial charge in [0.15, 0.2) is 17.1 Å². The summed E-state index contributed by atoms with van der Waals surface area (Å²) in [6.07, 6.45) is 2.31. The minimum absolute atomic E-state index is 0.111. The molecule has 0 bridgehead atoms. The Balaban J connectivity index is 1.75. The van der Waals surface area contributed by atoms with Gasteiger partial charge < -0.3 is 0 Å². The van der Waals surface area contributed by atoms with Crippen LogP contribution in [-0.2, 0) is 6.54 Å². The molecule has 5 aromatic rings. The highest BCUT2D eigenvalue weighted by molar-refractivity contribution is 5.75. The molecular formula is C30H29N2+. The van der Waals surface area contributed by atoms with Crippen molar-refractivity contribution in [1.82, 2.24) is 4.57 Å². The minimum Gasteiger partial charge on any atom is -0.226 e. The van der Waals surface area contributed by atoms with Crippen molar-refractivity contribution in [2.24, 2.45) is 0 Å². The van der Waals surface area contributed by atoms with Crippen LogP contribution in [0.3, 0.4) is 0 Å². The van der Waals surface area contributed by atoms with E-state index in [4.69, 9.17) is 0 Å². The topological polar surface area (TPSA) is 8.81 Å². The van der Waals surface area contributed by atoms with E-state index in [2.05, 4.69) is 133 Å². The van der Waals surface area contributed by atoms with E-state index in [9.17, 15) is 0 Å². The Labute approximate surface area is 190 Å². The largest absolute Gasteiger partial charge is 0.245 e. The maximum atomic E-state index is 2.45. The highest BCUT2D eigenvalue weighted by Crippen LogP contribution is 2.30. The van der Waals surface area contributed by atoms with Crippen LogP contribution in [0.1, 0.15) is 39.4 Å². The molecule has 4 aromatic carbocycles. The standard InChI is InChI=1S/C30H29N2/c1-22-12-10-11-17-27(22)20-31-21-32(29-19-24(3)23(2)18-28(29)31)30(25-13-6-4-7-14-25)26-15-8-5-9-16-26/h4-19,21,30H,20H2,1-3H3/q+1. The Morgan fingerprint density at radius 2 is 1.22 bits per heavy atom. The Hall–Kier alpha value is -3.65. The van der Waals surface area contributed by atoms with E-state index in [1.54, 1.807) is 0 Å². The first-order chi connectivity index (χ1) is 15.6. The third kappa shape index (κ3) is 3.73. The van der Waals surface area contributed by atoms with E-state index < -0.39 is 0 Å². The number of aryl methyl sites for hydroxylation is 3. The second kappa shape index (κ2) is 8.47. The quantitative estimate of drug-likeness (QED) is 0.287. The summed E-state index contributed by atoms with van der Waals surface area (Å²) in [5.74, 6) is 0. The average molecular weight is 418 g/mol. The third-order valence-corrected chi connectivity index (χ3v) is 6.55. The summed E-state index contributed by atoms with van der Waals surface area (Å²) in [7, 11) is 0. The van der Waals surface area contributed by atoms with Crippen LogP contribution in [0.15, 0.2) is 103 Å². The molecule has 0 saturated heterocycles. The second-order valence-corrected chi connectivity index (χ2v) is 8.73. The van der Waals surface area contributed by atoms with Gasteiger partial charge in [0.1, 0.15) is 6.54 Å². The van der Waals surface area contributed by atoms with Crippen molar-refractivity contribution in [2.75, 3.05) is 0 Å². The fraction of sp³-hybridized carbons (Fsp3) is 0.167. The van der Waals surface area contributed by atoms with Gasteiger partial charge in [0.2, 0.25) is 6.33 Å². The van der Waals surface area contributed by atoms with Crippen molar-refractivity contribution < 1.29 is 4.57 Å². The molecule has 0 N–H and O–H groups in total. The maximum Gasteiger partial charge on any atom is 0.245 e. The summed E-state index contributed by atoms with van der Waals surface area (Å²) in [6.45, 7) is 7.46. The summed E-state index contributed by atoms with van der Waals surface area (Å²) in [4.78, 5) is 0. The Bertz CT molecular complexity index is 1330. The molecule has 1 aromatic heterocycles. The number of aromatic nitrogens is 2. The molecule has 158 valence electrons. The van der Waals surface area contributed by atoms with Crippen LogP contribution in [0.2, 0.25) is 0 Å². The zero-order valence-corrected chi connectivity index (χ0v) is 19.0. The fourth-order valence-corrected chi connectivity index (χ4v) is 4.58. The van der Waals surface area contributed by atoms with Gasteiger partial charge >= 0.3 is 0 Å². The van der Waals surface area contributed by atoms with Crippen LogP contribution < -0.4 is 4.57 Å². The number of nitrogens with zero attached hydrogens (tertiary/aromatic N) is 2. The first kappa shape index (κ1) is 20.3. The maximum absolute atomic E-state index is 2.45. The minimum atomic E-state index is 0.111. The van der Waals surface area contributed by atoms with Crippen molar-refractivity contribution in [3.63, 3.8) is 0 Å². The van der Waals surface area contributed by atoms with Crippen molar-refractivity contribution >= 4 is 11.0 Å². The van der Waals surface area contributed by atoms with Gasteiger partial charge in [-0.05, 0) is 55.2 Å². The van der Waals surface area contributed by atoms with Gasteiger partial charge in [0.25, 0.3) is 0 Å². The summed E-state index contributed by atoms with van der Waals surface area (Å²) in [5, 5.41) is 0. The zero-order chi connectivity index (χ0) is 22.1. The van der Waals surface area contributed by atoms with E-state index >= 15 is 0 Å². The van der Waals surface area contributed by atoms with Gasteiger partial charge in [-0.25, -0.2) is 9.13 Å². The van der Waals surface area contributed by atoms with Crippen LogP contribution in [0.5, 0.6) is 0 Å². The van der Waals surface area contributed by atoms with E-state index in [0.29, 0.717) is 0 Å². The Morgan fingerprint density at radius 3 is 1.84 bits per heavy atom. The van der Waals surface area contributed by atoms with Crippen molar-refractivity contribution in [2.45, 2.75) is 33.4 Å². The van der Waals surface area contributed by atoms with Crippen molar-refractivity contribution in [3.8, 4) is 0 Å². The van der Waals surface area contributed by atoms with Gasteiger partial charge in [-0.3, -0.25) is 0 Å². The summed E-state index contributed by atoms with van der Waals surface area (Å²) >= 11 is 0. The number of benzene rings is 4. The molecule has 0 radical (unpaired) electrons. The summed E-state index contributed by atoms with van der Waals surface area (Å²) < 4.78 is 4.85. The highest BCUT2D eigenvalue weighted by Gasteiger charge is 2.27. The van der Waals surface area contributed by atoms with Gasteiger partial charge in [-0.15, -0.1) is 0 Å². The van der Waals surface area contributed by atoms with Crippen LogP contribution in [0.4, 0.5) is 0 Å². The number of hydrogen-bond donors (Lipinski definition) is 0.